The molecule has 0 saturated heterocycles. The van der Waals surface area contributed by atoms with Gasteiger partial charge in [0.05, 0.1) is 34.3 Å². The first-order valence-electron chi connectivity index (χ1n) is 17.8. The summed E-state index contributed by atoms with van der Waals surface area (Å²) in [6.45, 7) is 3.91. The van der Waals surface area contributed by atoms with Gasteiger partial charge in [0.15, 0.2) is 11.6 Å². The van der Waals surface area contributed by atoms with Crippen LogP contribution in [0.15, 0.2) is 46.8 Å². The highest BCUT2D eigenvalue weighted by Crippen LogP contribution is 2.46. The summed E-state index contributed by atoms with van der Waals surface area (Å²) in [6.07, 6.45) is 11.2. The number of hydrogen-bond donors (Lipinski definition) is 0. The molecular weight excluding hydrogens is 662 g/mol. The summed E-state index contributed by atoms with van der Waals surface area (Å²) in [7, 11) is 0.195. The van der Waals surface area contributed by atoms with Crippen LogP contribution in [0, 0.1) is 23.7 Å². The number of carbonyl (C=O) groups is 2. The summed E-state index contributed by atoms with van der Waals surface area (Å²) in [5, 5.41) is 0.739. The van der Waals surface area contributed by atoms with E-state index in [0.29, 0.717) is 55.8 Å². The Bertz CT molecular complexity index is 1750. The van der Waals surface area contributed by atoms with E-state index in [1.54, 1.807) is 26.4 Å². The van der Waals surface area contributed by atoms with Crippen LogP contribution in [0.5, 0.6) is 5.75 Å². The van der Waals surface area contributed by atoms with Crippen LogP contribution in [0.1, 0.15) is 73.5 Å². The molecule has 264 valence electrons. The Morgan fingerprint density at radius 2 is 2.00 bits per heavy atom. The highest BCUT2D eigenvalue weighted by molar-refractivity contribution is 7.94. The summed E-state index contributed by atoms with van der Waals surface area (Å²) < 4.78 is 36.9. The Morgan fingerprint density at radius 3 is 2.76 bits per heavy atom. The molecule has 1 aromatic carbocycles. The molecule has 9 nitrogen and oxygen atoms in total. The second kappa shape index (κ2) is 14.1. The number of ether oxygens (including phenoxy) is 3. The molecule has 3 heterocycles. The Balaban J connectivity index is 1.28. The van der Waals surface area contributed by atoms with Crippen LogP contribution in [0.3, 0.4) is 0 Å². The first kappa shape index (κ1) is 34.6. The van der Waals surface area contributed by atoms with Crippen molar-refractivity contribution >= 4 is 38.8 Å². The van der Waals surface area contributed by atoms with Crippen LogP contribution in [0.4, 0.5) is 5.82 Å². The molecule has 1 amide bonds. The molecule has 2 bridgehead atoms. The predicted octanol–water partition coefficient (Wildman–Crippen LogP) is 6.45. The number of aromatic nitrogens is 1. The number of anilines is 1. The molecule has 1 spiro atoms. The van der Waals surface area contributed by atoms with Crippen LogP contribution in [0.2, 0.25) is 5.02 Å². The zero-order valence-corrected chi connectivity index (χ0v) is 30.3. The van der Waals surface area contributed by atoms with Crippen molar-refractivity contribution in [1.29, 1.82) is 0 Å². The molecule has 5 aliphatic rings. The van der Waals surface area contributed by atoms with Crippen molar-refractivity contribution in [3.63, 3.8) is 0 Å². The lowest BCUT2D eigenvalue weighted by Gasteiger charge is -2.45. The predicted molar refractivity (Wildman–Crippen MR) is 191 cm³/mol. The fraction of sp³-hybridized carbons (Fsp3) is 0.605. The summed E-state index contributed by atoms with van der Waals surface area (Å²) >= 11 is 6.44. The van der Waals surface area contributed by atoms with Crippen LogP contribution < -0.4 is 9.64 Å². The van der Waals surface area contributed by atoms with Crippen molar-refractivity contribution in [2.75, 3.05) is 50.3 Å². The average Bonchev–Trinajstić information content (AvgIpc) is 3.18. The number of ketones is 1. The number of amides is 1. The minimum Gasteiger partial charge on any atom is -0.489 e. The molecule has 49 heavy (non-hydrogen) atoms. The van der Waals surface area contributed by atoms with E-state index in [1.807, 2.05) is 13.0 Å². The first-order valence-corrected chi connectivity index (χ1v) is 20.0. The van der Waals surface area contributed by atoms with Gasteiger partial charge in [-0.15, -0.1) is 0 Å². The summed E-state index contributed by atoms with van der Waals surface area (Å²) in [4.78, 5) is 34.4. The number of benzene rings is 1. The van der Waals surface area contributed by atoms with Crippen molar-refractivity contribution < 1.29 is 28.0 Å². The van der Waals surface area contributed by atoms with Gasteiger partial charge in [-0.25, -0.2) is 9.19 Å². The van der Waals surface area contributed by atoms with Crippen molar-refractivity contribution in [2.24, 2.45) is 28.0 Å². The number of nitrogens with zero attached hydrogens (tertiary/aromatic N) is 3. The van der Waals surface area contributed by atoms with Gasteiger partial charge in [-0.3, -0.25) is 9.59 Å². The molecular formula is C38H48ClN3O6S. The Labute approximate surface area is 295 Å². The molecule has 0 N–H and O–H groups in total. The Kier molecular flexibility index (Phi) is 9.96. The monoisotopic (exact) mass is 709 g/mol. The number of allylic oxidation sites excluding steroid dienone is 1. The average molecular weight is 710 g/mol. The Morgan fingerprint density at radius 1 is 1.16 bits per heavy atom. The minimum absolute atomic E-state index is 0.0445. The van der Waals surface area contributed by atoms with Crippen molar-refractivity contribution in [3.05, 3.63) is 64.3 Å². The van der Waals surface area contributed by atoms with Crippen molar-refractivity contribution in [1.82, 2.24) is 4.98 Å². The number of aryl methyl sites for hydroxylation is 1. The number of methoxy groups -OCH3 is 2. The van der Waals surface area contributed by atoms with E-state index in [9.17, 15) is 13.8 Å². The number of Topliss-reactive ketones (excluding diaryl/α,β-unsaturated/α-hetero) is 1. The number of fused-ring (bicyclic) bond motifs is 4. The second-order valence-electron chi connectivity index (χ2n) is 15.1. The highest BCUT2D eigenvalue weighted by atomic mass is 35.5. The SMILES string of the molecule is COC1CC(C(=O)C[S@@]2(=O)=NC(=O)c3ccc4c(n3)N(C[C@@H]3CC[C@H]3[C@@H](OC)/C=C/C[C@H](C)C2)C[C@@]2(CCCc3cc(Cl)ccc32)CO4)C1. The lowest BCUT2D eigenvalue weighted by atomic mass is 9.68. The van der Waals surface area contributed by atoms with Crippen LogP contribution in [-0.4, -0.2) is 78.5 Å². The molecule has 2 fully saturated rings. The zero-order chi connectivity index (χ0) is 34.3. The molecule has 1 aromatic heterocycles. The highest BCUT2D eigenvalue weighted by Gasteiger charge is 2.45. The van der Waals surface area contributed by atoms with E-state index in [-0.39, 0.29) is 52.4 Å². The third-order valence-corrected chi connectivity index (χ3v) is 14.2. The van der Waals surface area contributed by atoms with Gasteiger partial charge in [-0.05, 0) is 105 Å². The van der Waals surface area contributed by atoms with Crippen molar-refractivity contribution in [2.45, 2.75) is 75.9 Å². The molecule has 11 heteroatoms. The van der Waals surface area contributed by atoms with Gasteiger partial charge in [-0.1, -0.05) is 36.7 Å². The van der Waals surface area contributed by atoms with Gasteiger partial charge in [0, 0.05) is 49.4 Å². The molecule has 3 aliphatic carbocycles. The molecule has 0 radical (unpaired) electrons. The third-order valence-electron chi connectivity index (χ3n) is 11.6. The molecule has 2 saturated carbocycles. The third kappa shape index (κ3) is 7.08. The second-order valence-corrected chi connectivity index (χ2v) is 17.9. The quantitative estimate of drug-likeness (QED) is 0.326. The van der Waals surface area contributed by atoms with E-state index in [2.05, 4.69) is 33.5 Å². The van der Waals surface area contributed by atoms with Crippen LogP contribution >= 0.6 is 11.6 Å². The standard InChI is InChI=1S/C38H48ClN3O6S/c1-24-6-4-8-34(47-3)30-11-9-26(30)19-42-22-38(15-5-7-25-16-28(39)10-12-31(25)38)23-48-35-14-13-32(40-36(35)42)37(44)41-49(45,20-24)21-33(43)27-17-29(18-27)46-2/h4,8,10,12-14,16,24,26-27,29-30,34H,5-7,9,11,15,17-23H2,1-3H3/b8-4+/t24-,26-,27?,29?,30+,34-,38-,49+/m0/s1. The molecule has 2 aliphatic heterocycles. The molecule has 2 aromatic rings. The molecule has 6 atom stereocenters. The fourth-order valence-corrected chi connectivity index (χ4v) is 11.2. The maximum Gasteiger partial charge on any atom is 0.303 e. The van der Waals surface area contributed by atoms with Gasteiger partial charge in [0.25, 0.3) is 0 Å². The zero-order valence-electron chi connectivity index (χ0n) is 28.8. The van der Waals surface area contributed by atoms with Crippen molar-refractivity contribution in [3.8, 4) is 5.75 Å². The maximum absolute atomic E-state index is 14.5. The lowest BCUT2D eigenvalue weighted by molar-refractivity contribution is -0.127. The van der Waals surface area contributed by atoms with E-state index >= 15 is 0 Å². The van der Waals surface area contributed by atoms with E-state index in [0.717, 1.165) is 43.7 Å². The van der Waals surface area contributed by atoms with Gasteiger partial charge < -0.3 is 19.1 Å². The number of pyridine rings is 1. The molecule has 0 unspecified atom stereocenters. The van der Waals surface area contributed by atoms with Crippen LogP contribution in [0.25, 0.3) is 0 Å². The van der Waals surface area contributed by atoms with Gasteiger partial charge in [0.2, 0.25) is 0 Å². The summed E-state index contributed by atoms with van der Waals surface area (Å²) in [6, 6.07) is 9.64. The first-order chi connectivity index (χ1) is 23.6. The number of hydrogen-bond acceptors (Lipinski definition) is 8. The van der Waals surface area contributed by atoms with Crippen LogP contribution in [-0.2, 0) is 35.8 Å². The topological polar surface area (TPSA) is 107 Å². The fourth-order valence-electron chi connectivity index (χ4n) is 8.68. The smallest absolute Gasteiger partial charge is 0.303 e. The van der Waals surface area contributed by atoms with E-state index in [4.69, 9.17) is 30.8 Å². The maximum atomic E-state index is 14.5. The van der Waals surface area contributed by atoms with Gasteiger partial charge >= 0.3 is 5.91 Å². The summed E-state index contributed by atoms with van der Waals surface area (Å²) in [5.74, 6) is 0.794. The van der Waals surface area contributed by atoms with E-state index in [1.165, 1.54) is 11.1 Å². The minimum atomic E-state index is -3.21. The normalized spacial score (nSPS) is 35.0. The van der Waals surface area contributed by atoms with Gasteiger partial charge in [-0.2, -0.15) is 4.36 Å². The van der Waals surface area contributed by atoms with Gasteiger partial charge in [0.1, 0.15) is 11.5 Å². The lowest BCUT2D eigenvalue weighted by Crippen LogP contribution is -2.49. The molecule has 7 rings (SSSR count). The number of rotatable bonds is 5. The summed E-state index contributed by atoms with van der Waals surface area (Å²) in [5.41, 5.74) is 2.36. The number of carbonyl (C=O) groups excluding carboxylic acids is 2. The largest absolute Gasteiger partial charge is 0.489 e. The Hall–Kier alpha value is -2.79. The van der Waals surface area contributed by atoms with E-state index < -0.39 is 15.6 Å². The number of halogens is 1.